The number of hydrogen-bond acceptors (Lipinski definition) is 4. The third-order valence-electron chi connectivity index (χ3n) is 8.48. The number of amides is 1. The Balaban J connectivity index is 1.82. The SMILES string of the molecule is CC1CC(C)C2C(C=CC(C3(C)OC3C)C2/C(O)=C2\C(=O)C(C(C)C)N(C)C2=O)C1. The number of aliphatic hydroxyl groups excluding tert-OH is 1. The van der Waals surface area contributed by atoms with Crippen molar-refractivity contribution in [1.29, 1.82) is 0 Å². The first kappa shape index (κ1) is 21.6. The van der Waals surface area contributed by atoms with Crippen molar-refractivity contribution in [2.75, 3.05) is 7.05 Å². The van der Waals surface area contributed by atoms with E-state index in [4.69, 9.17) is 4.74 Å². The molecule has 1 N–H and O–H groups in total. The Labute approximate surface area is 180 Å². The molecule has 4 rings (SSSR count). The van der Waals surface area contributed by atoms with Crippen molar-refractivity contribution in [1.82, 2.24) is 4.90 Å². The van der Waals surface area contributed by atoms with Gasteiger partial charge in [0.1, 0.15) is 11.3 Å². The number of likely N-dealkylation sites (tertiary alicyclic amines) is 1. The van der Waals surface area contributed by atoms with Crippen LogP contribution in [0.5, 0.6) is 0 Å². The number of epoxide rings is 1. The Kier molecular flexibility index (Phi) is 5.20. The quantitative estimate of drug-likeness (QED) is 0.247. The van der Waals surface area contributed by atoms with Gasteiger partial charge in [0.15, 0.2) is 5.78 Å². The minimum absolute atomic E-state index is 0.00491. The first-order valence-electron chi connectivity index (χ1n) is 11.6. The molecule has 166 valence electrons. The standard InChI is InChI=1S/C25H37NO4/c1-12(2)21-23(28)20(24(29)26(21)7)22(27)19-17(25(6)15(5)30-25)9-8-16-11-13(3)10-14(4)18(16)19/h8-9,12-19,21,27H,10-11H2,1-7H3/b22-20-. The second-order valence-corrected chi connectivity index (χ2v) is 10.9. The highest BCUT2D eigenvalue weighted by molar-refractivity contribution is 6.26. The number of allylic oxidation sites excluding steroid dienone is 2. The van der Waals surface area contributed by atoms with Gasteiger partial charge in [0.05, 0.1) is 17.7 Å². The molecule has 2 heterocycles. The zero-order valence-corrected chi connectivity index (χ0v) is 19.4. The number of hydrogen-bond donors (Lipinski definition) is 1. The minimum Gasteiger partial charge on any atom is -0.511 e. The highest BCUT2D eigenvalue weighted by Crippen LogP contribution is 2.57. The van der Waals surface area contributed by atoms with Crippen LogP contribution in [0.15, 0.2) is 23.5 Å². The number of carbonyl (C=O) groups is 2. The van der Waals surface area contributed by atoms with Gasteiger partial charge < -0.3 is 14.7 Å². The second-order valence-electron chi connectivity index (χ2n) is 10.9. The maximum Gasteiger partial charge on any atom is 0.261 e. The van der Waals surface area contributed by atoms with Crippen molar-refractivity contribution in [2.45, 2.75) is 72.1 Å². The first-order valence-corrected chi connectivity index (χ1v) is 11.6. The molecular weight excluding hydrogens is 378 g/mol. The van der Waals surface area contributed by atoms with Crippen molar-refractivity contribution >= 4 is 11.7 Å². The summed E-state index contributed by atoms with van der Waals surface area (Å²) in [6.45, 7) is 12.6. The molecule has 0 aromatic heterocycles. The van der Waals surface area contributed by atoms with Gasteiger partial charge in [0.2, 0.25) is 0 Å². The lowest BCUT2D eigenvalue weighted by Gasteiger charge is -2.48. The number of aliphatic hydroxyl groups is 1. The fourth-order valence-electron chi connectivity index (χ4n) is 6.86. The van der Waals surface area contributed by atoms with E-state index in [-0.39, 0.29) is 58.4 Å². The van der Waals surface area contributed by atoms with E-state index in [1.54, 1.807) is 7.05 Å². The molecule has 9 atom stereocenters. The number of rotatable bonds is 3. The average molecular weight is 416 g/mol. The second kappa shape index (κ2) is 7.22. The van der Waals surface area contributed by atoms with Crippen LogP contribution in [0.4, 0.5) is 0 Å². The lowest BCUT2D eigenvalue weighted by Crippen LogP contribution is -2.45. The summed E-state index contributed by atoms with van der Waals surface area (Å²) < 4.78 is 5.99. The third-order valence-corrected chi connectivity index (χ3v) is 8.48. The molecule has 2 saturated heterocycles. The van der Waals surface area contributed by atoms with Crippen LogP contribution in [0.1, 0.15) is 54.4 Å². The van der Waals surface area contributed by atoms with E-state index in [0.717, 1.165) is 12.8 Å². The van der Waals surface area contributed by atoms with E-state index >= 15 is 0 Å². The summed E-state index contributed by atoms with van der Waals surface area (Å²) in [4.78, 5) is 27.8. The van der Waals surface area contributed by atoms with E-state index < -0.39 is 6.04 Å². The van der Waals surface area contributed by atoms with Crippen LogP contribution >= 0.6 is 0 Å². The number of ketones is 1. The van der Waals surface area contributed by atoms with E-state index in [1.807, 2.05) is 13.8 Å². The van der Waals surface area contributed by atoms with Crippen LogP contribution in [0.3, 0.4) is 0 Å². The molecule has 4 aliphatic rings. The molecule has 0 aromatic rings. The molecule has 0 bridgehead atoms. The normalized spacial score (nSPS) is 47.7. The van der Waals surface area contributed by atoms with Crippen LogP contribution in [-0.2, 0) is 14.3 Å². The predicted octanol–water partition coefficient (Wildman–Crippen LogP) is 4.14. The van der Waals surface area contributed by atoms with Crippen molar-refractivity contribution in [3.63, 3.8) is 0 Å². The number of nitrogens with zero attached hydrogens (tertiary/aromatic N) is 1. The highest BCUT2D eigenvalue weighted by Gasteiger charge is 2.61. The van der Waals surface area contributed by atoms with Crippen LogP contribution < -0.4 is 0 Å². The summed E-state index contributed by atoms with van der Waals surface area (Å²) in [7, 11) is 1.67. The lowest BCUT2D eigenvalue weighted by molar-refractivity contribution is -0.126. The van der Waals surface area contributed by atoms with Crippen molar-refractivity contribution in [3.05, 3.63) is 23.5 Å². The van der Waals surface area contributed by atoms with Crippen LogP contribution in [-0.4, -0.2) is 46.5 Å². The van der Waals surface area contributed by atoms with Crippen molar-refractivity contribution in [2.24, 2.45) is 41.4 Å². The van der Waals surface area contributed by atoms with Gasteiger partial charge in [-0.2, -0.15) is 0 Å². The summed E-state index contributed by atoms with van der Waals surface area (Å²) in [5.41, 5.74) is -0.347. The molecule has 5 heteroatoms. The maximum absolute atomic E-state index is 13.3. The summed E-state index contributed by atoms with van der Waals surface area (Å²) in [5, 5.41) is 11.6. The fourth-order valence-corrected chi connectivity index (χ4v) is 6.86. The van der Waals surface area contributed by atoms with Crippen LogP contribution in [0.25, 0.3) is 0 Å². The molecular formula is C25H37NO4. The molecule has 0 aromatic carbocycles. The molecule has 1 saturated carbocycles. The maximum atomic E-state index is 13.3. The number of ether oxygens (including phenoxy) is 1. The first-order chi connectivity index (χ1) is 14.0. The summed E-state index contributed by atoms with van der Waals surface area (Å²) in [5.74, 6) is 0.745. The van der Waals surface area contributed by atoms with Crippen LogP contribution in [0.2, 0.25) is 0 Å². The molecule has 1 amide bonds. The van der Waals surface area contributed by atoms with Gasteiger partial charge in [-0.1, -0.05) is 39.8 Å². The number of likely N-dealkylation sites (N-methyl/N-ethyl adjacent to an activating group) is 1. The lowest BCUT2D eigenvalue weighted by atomic mass is 9.56. The Morgan fingerprint density at radius 1 is 1.20 bits per heavy atom. The van der Waals surface area contributed by atoms with E-state index in [9.17, 15) is 14.7 Å². The Morgan fingerprint density at radius 2 is 1.83 bits per heavy atom. The largest absolute Gasteiger partial charge is 0.511 e. The van der Waals surface area contributed by atoms with Crippen molar-refractivity contribution < 1.29 is 19.4 Å². The Bertz CT molecular complexity index is 814. The van der Waals surface area contributed by atoms with Gasteiger partial charge in [0.25, 0.3) is 5.91 Å². The minimum atomic E-state index is -0.501. The summed E-state index contributed by atoms with van der Waals surface area (Å²) in [6.07, 6.45) is 6.80. The van der Waals surface area contributed by atoms with E-state index in [2.05, 4.69) is 39.8 Å². The van der Waals surface area contributed by atoms with E-state index in [0.29, 0.717) is 17.8 Å². The zero-order chi connectivity index (χ0) is 22.1. The fraction of sp³-hybridized carbons (Fsp3) is 0.760. The molecule has 30 heavy (non-hydrogen) atoms. The van der Waals surface area contributed by atoms with Gasteiger partial charge in [0, 0.05) is 18.9 Å². The smallest absolute Gasteiger partial charge is 0.261 e. The Morgan fingerprint density at radius 3 is 2.37 bits per heavy atom. The molecule has 2 aliphatic carbocycles. The molecule has 2 aliphatic heterocycles. The molecule has 9 unspecified atom stereocenters. The monoisotopic (exact) mass is 415 g/mol. The number of Topliss-reactive ketones (excluding diaryl/α,β-unsaturated/α-hetero) is 1. The number of carbonyl (C=O) groups excluding carboxylic acids is 2. The van der Waals surface area contributed by atoms with Crippen LogP contribution in [0, 0.1) is 41.4 Å². The molecule has 3 fully saturated rings. The number of fused-ring (bicyclic) bond motifs is 1. The van der Waals surface area contributed by atoms with Gasteiger partial charge in [-0.15, -0.1) is 0 Å². The van der Waals surface area contributed by atoms with E-state index in [1.165, 1.54) is 4.90 Å². The topological polar surface area (TPSA) is 70.1 Å². The third kappa shape index (κ3) is 3.07. The average Bonchev–Trinajstić information content (AvgIpc) is 3.19. The molecule has 0 spiro atoms. The summed E-state index contributed by atoms with van der Waals surface area (Å²) >= 11 is 0. The van der Waals surface area contributed by atoms with Gasteiger partial charge >= 0.3 is 0 Å². The Hall–Kier alpha value is -1.62. The highest BCUT2D eigenvalue weighted by atomic mass is 16.6. The van der Waals surface area contributed by atoms with Gasteiger partial charge in [-0.05, 0) is 56.3 Å². The van der Waals surface area contributed by atoms with Gasteiger partial charge in [-0.25, -0.2) is 0 Å². The predicted molar refractivity (Wildman–Crippen MR) is 116 cm³/mol. The van der Waals surface area contributed by atoms with Gasteiger partial charge in [-0.3, -0.25) is 9.59 Å². The van der Waals surface area contributed by atoms with Crippen molar-refractivity contribution in [3.8, 4) is 0 Å². The molecule has 5 nitrogen and oxygen atoms in total. The zero-order valence-electron chi connectivity index (χ0n) is 19.4. The summed E-state index contributed by atoms with van der Waals surface area (Å²) in [6, 6.07) is -0.501. The molecule has 0 radical (unpaired) electrons.